The van der Waals surface area contributed by atoms with Gasteiger partial charge < -0.3 is 4.74 Å². The van der Waals surface area contributed by atoms with E-state index in [4.69, 9.17) is 4.74 Å². The molecule has 0 aliphatic heterocycles. The zero-order valence-electron chi connectivity index (χ0n) is 8.07. The first kappa shape index (κ1) is 9.71. The van der Waals surface area contributed by atoms with E-state index in [0.29, 0.717) is 11.3 Å². The number of rotatable bonds is 2. The molecule has 0 aliphatic rings. The molecule has 0 amide bonds. The lowest BCUT2D eigenvalue weighted by atomic mass is 10.2. The first-order valence-electron chi connectivity index (χ1n) is 4.11. The van der Waals surface area contributed by atoms with Crippen LogP contribution in [0.15, 0.2) is 18.5 Å². The fourth-order valence-corrected chi connectivity index (χ4v) is 0.903. The van der Waals surface area contributed by atoms with Crippen molar-refractivity contribution >= 4 is 6.29 Å². The number of carbonyl (C=O) groups excluding carboxylic acids is 1. The summed E-state index contributed by atoms with van der Waals surface area (Å²) < 4.78 is 5.53. The standard InChI is InChI=1S/C10H13NO2/c1-10(2,3)13-9-6-11-5-4-8(9)7-12/h4-7H,1-3H3. The summed E-state index contributed by atoms with van der Waals surface area (Å²) in [5.41, 5.74) is 0.228. The molecule has 1 aromatic rings. The second kappa shape index (κ2) is 3.56. The summed E-state index contributed by atoms with van der Waals surface area (Å²) in [6.07, 6.45) is 3.89. The van der Waals surface area contributed by atoms with E-state index in [1.165, 1.54) is 0 Å². The molecular formula is C10H13NO2. The maximum atomic E-state index is 10.6. The minimum absolute atomic E-state index is 0.305. The molecule has 0 N–H and O–H groups in total. The molecule has 0 aliphatic carbocycles. The number of nitrogens with zero attached hydrogens (tertiary/aromatic N) is 1. The van der Waals surface area contributed by atoms with Gasteiger partial charge in [0.25, 0.3) is 0 Å². The van der Waals surface area contributed by atoms with E-state index in [-0.39, 0.29) is 5.60 Å². The van der Waals surface area contributed by atoms with Gasteiger partial charge >= 0.3 is 0 Å². The molecule has 0 bridgehead atoms. The third kappa shape index (κ3) is 2.86. The van der Waals surface area contributed by atoms with Gasteiger partial charge in [0.1, 0.15) is 11.4 Å². The van der Waals surface area contributed by atoms with E-state index in [1.54, 1.807) is 18.5 Å². The minimum atomic E-state index is -0.305. The molecular weight excluding hydrogens is 166 g/mol. The molecule has 0 saturated carbocycles. The lowest BCUT2D eigenvalue weighted by molar-refractivity contribution is 0.109. The van der Waals surface area contributed by atoms with Gasteiger partial charge in [-0.25, -0.2) is 0 Å². The molecule has 0 spiro atoms. The Morgan fingerprint density at radius 3 is 2.69 bits per heavy atom. The van der Waals surface area contributed by atoms with Crippen LogP contribution in [0, 0.1) is 0 Å². The maximum absolute atomic E-state index is 10.6. The summed E-state index contributed by atoms with van der Waals surface area (Å²) in [5, 5.41) is 0. The van der Waals surface area contributed by atoms with Crippen LogP contribution < -0.4 is 4.74 Å². The maximum Gasteiger partial charge on any atom is 0.153 e. The second-order valence-electron chi connectivity index (χ2n) is 3.75. The van der Waals surface area contributed by atoms with Gasteiger partial charge in [0.15, 0.2) is 6.29 Å². The number of hydrogen-bond acceptors (Lipinski definition) is 3. The van der Waals surface area contributed by atoms with E-state index in [0.717, 1.165) is 6.29 Å². The Morgan fingerprint density at radius 1 is 1.46 bits per heavy atom. The van der Waals surface area contributed by atoms with Gasteiger partial charge in [-0.1, -0.05) is 0 Å². The molecule has 70 valence electrons. The van der Waals surface area contributed by atoms with Crippen LogP contribution in [0.3, 0.4) is 0 Å². The predicted octanol–water partition coefficient (Wildman–Crippen LogP) is 2.07. The molecule has 3 heteroatoms. The summed E-state index contributed by atoms with van der Waals surface area (Å²) >= 11 is 0. The van der Waals surface area contributed by atoms with Crippen molar-refractivity contribution < 1.29 is 9.53 Å². The van der Waals surface area contributed by atoms with Crippen molar-refractivity contribution in [1.82, 2.24) is 4.98 Å². The molecule has 0 fully saturated rings. The fraction of sp³-hybridized carbons (Fsp3) is 0.400. The zero-order chi connectivity index (χ0) is 9.90. The Hall–Kier alpha value is -1.38. The van der Waals surface area contributed by atoms with Crippen molar-refractivity contribution in [3.05, 3.63) is 24.0 Å². The molecule has 0 unspecified atom stereocenters. The smallest absolute Gasteiger partial charge is 0.153 e. The monoisotopic (exact) mass is 179 g/mol. The predicted molar refractivity (Wildman–Crippen MR) is 50.0 cm³/mol. The molecule has 1 rings (SSSR count). The third-order valence-electron chi connectivity index (χ3n) is 1.36. The Labute approximate surface area is 77.8 Å². The Balaban J connectivity index is 2.94. The van der Waals surface area contributed by atoms with E-state index >= 15 is 0 Å². The molecule has 0 radical (unpaired) electrons. The average Bonchev–Trinajstić information content (AvgIpc) is 2.02. The average molecular weight is 179 g/mol. The fourth-order valence-electron chi connectivity index (χ4n) is 0.903. The Bertz CT molecular complexity index is 302. The SMILES string of the molecule is CC(C)(C)Oc1cnccc1C=O. The summed E-state index contributed by atoms with van der Waals surface area (Å²) in [7, 11) is 0. The van der Waals surface area contributed by atoms with Crippen LogP contribution in [0.1, 0.15) is 31.1 Å². The summed E-state index contributed by atoms with van der Waals surface area (Å²) in [6.45, 7) is 5.78. The van der Waals surface area contributed by atoms with Crippen LogP contribution >= 0.6 is 0 Å². The number of aromatic nitrogens is 1. The van der Waals surface area contributed by atoms with Gasteiger partial charge in [-0.15, -0.1) is 0 Å². The minimum Gasteiger partial charge on any atom is -0.486 e. The topological polar surface area (TPSA) is 39.2 Å². The van der Waals surface area contributed by atoms with Gasteiger partial charge in [-0.05, 0) is 26.8 Å². The number of pyridine rings is 1. The second-order valence-corrected chi connectivity index (χ2v) is 3.75. The van der Waals surface area contributed by atoms with Crippen LogP contribution in [-0.2, 0) is 0 Å². The molecule has 0 aromatic carbocycles. The Kier molecular flexibility index (Phi) is 2.66. The summed E-state index contributed by atoms with van der Waals surface area (Å²) in [6, 6.07) is 1.63. The highest BCUT2D eigenvalue weighted by Crippen LogP contribution is 2.19. The van der Waals surface area contributed by atoms with E-state index in [9.17, 15) is 4.79 Å². The molecule has 13 heavy (non-hydrogen) atoms. The van der Waals surface area contributed by atoms with Gasteiger partial charge in [0.05, 0.1) is 11.8 Å². The van der Waals surface area contributed by atoms with Crippen LogP contribution in [0.25, 0.3) is 0 Å². The van der Waals surface area contributed by atoms with Crippen molar-refractivity contribution in [2.24, 2.45) is 0 Å². The zero-order valence-corrected chi connectivity index (χ0v) is 8.07. The van der Waals surface area contributed by atoms with Crippen molar-refractivity contribution in [3.63, 3.8) is 0 Å². The molecule has 1 heterocycles. The third-order valence-corrected chi connectivity index (χ3v) is 1.36. The van der Waals surface area contributed by atoms with Crippen LogP contribution in [0.4, 0.5) is 0 Å². The van der Waals surface area contributed by atoms with Crippen molar-refractivity contribution in [1.29, 1.82) is 0 Å². The molecule has 3 nitrogen and oxygen atoms in total. The molecule has 1 aromatic heterocycles. The normalized spacial score (nSPS) is 11.0. The van der Waals surface area contributed by atoms with Gasteiger partial charge in [0, 0.05) is 6.20 Å². The number of ether oxygens (including phenoxy) is 1. The van der Waals surface area contributed by atoms with Crippen molar-refractivity contribution in [2.45, 2.75) is 26.4 Å². The summed E-state index contributed by atoms with van der Waals surface area (Å²) in [5.74, 6) is 0.532. The molecule has 0 atom stereocenters. The Morgan fingerprint density at radius 2 is 2.15 bits per heavy atom. The van der Waals surface area contributed by atoms with Gasteiger partial charge in [-0.2, -0.15) is 0 Å². The largest absolute Gasteiger partial charge is 0.486 e. The van der Waals surface area contributed by atoms with Crippen LogP contribution in [0.2, 0.25) is 0 Å². The first-order valence-corrected chi connectivity index (χ1v) is 4.11. The van der Waals surface area contributed by atoms with Crippen molar-refractivity contribution in [3.8, 4) is 5.75 Å². The highest BCUT2D eigenvalue weighted by Gasteiger charge is 2.13. The van der Waals surface area contributed by atoms with Gasteiger partial charge in [0.2, 0.25) is 0 Å². The summed E-state index contributed by atoms with van der Waals surface area (Å²) in [4.78, 5) is 14.5. The number of carbonyl (C=O) groups is 1. The van der Waals surface area contributed by atoms with Crippen molar-refractivity contribution in [2.75, 3.05) is 0 Å². The lowest BCUT2D eigenvalue weighted by Crippen LogP contribution is -2.23. The van der Waals surface area contributed by atoms with E-state index < -0.39 is 0 Å². The number of hydrogen-bond donors (Lipinski definition) is 0. The van der Waals surface area contributed by atoms with Gasteiger partial charge in [-0.3, -0.25) is 9.78 Å². The number of aldehydes is 1. The quantitative estimate of drug-likeness (QED) is 0.652. The molecule has 0 saturated heterocycles. The van der Waals surface area contributed by atoms with Crippen LogP contribution in [0.5, 0.6) is 5.75 Å². The van der Waals surface area contributed by atoms with E-state index in [2.05, 4.69) is 4.98 Å². The van der Waals surface area contributed by atoms with E-state index in [1.807, 2.05) is 20.8 Å². The first-order chi connectivity index (χ1) is 6.03. The highest BCUT2D eigenvalue weighted by atomic mass is 16.5. The highest BCUT2D eigenvalue weighted by molar-refractivity contribution is 5.78. The lowest BCUT2D eigenvalue weighted by Gasteiger charge is -2.21. The van der Waals surface area contributed by atoms with Crippen LogP contribution in [-0.4, -0.2) is 16.9 Å².